The number of aromatic nitrogens is 1. The Bertz CT molecular complexity index is 845. The second kappa shape index (κ2) is 10.9. The largest absolute Gasteiger partial charge is 0.310 e. The lowest BCUT2D eigenvalue weighted by atomic mass is 9.99. The highest BCUT2D eigenvalue weighted by Crippen LogP contribution is 2.23. The maximum atomic E-state index is 4.21. The van der Waals surface area contributed by atoms with E-state index in [9.17, 15) is 0 Å². The molecule has 0 radical (unpaired) electrons. The second-order valence-electron chi connectivity index (χ2n) is 6.95. The number of rotatable bonds is 9. The molecule has 0 amide bonds. The smallest absolute Gasteiger partial charge is 0.0346 e. The van der Waals surface area contributed by atoms with Gasteiger partial charge in [-0.15, -0.1) is 12.4 Å². The van der Waals surface area contributed by atoms with Gasteiger partial charge < -0.3 is 5.32 Å². The summed E-state index contributed by atoms with van der Waals surface area (Å²) < 4.78 is 0. The summed E-state index contributed by atoms with van der Waals surface area (Å²) in [5, 5.41) is 6.07. The highest BCUT2D eigenvalue weighted by molar-refractivity contribution is 5.91. The van der Waals surface area contributed by atoms with Gasteiger partial charge in [-0.3, -0.25) is 4.98 Å². The van der Waals surface area contributed by atoms with E-state index < -0.39 is 0 Å². The van der Waals surface area contributed by atoms with Gasteiger partial charge in [0.2, 0.25) is 0 Å². The van der Waals surface area contributed by atoms with Crippen LogP contribution in [0.4, 0.5) is 0 Å². The molecule has 3 rings (SSSR count). The van der Waals surface area contributed by atoms with E-state index >= 15 is 0 Å². The van der Waals surface area contributed by atoms with Crippen molar-refractivity contribution in [2.45, 2.75) is 45.2 Å². The average Bonchev–Trinajstić information content (AvgIpc) is 2.70. The minimum atomic E-state index is 0. The number of hydrogen-bond donors (Lipinski definition) is 1. The van der Waals surface area contributed by atoms with Gasteiger partial charge >= 0.3 is 0 Å². The topological polar surface area (TPSA) is 24.9 Å². The molecule has 27 heavy (non-hydrogen) atoms. The molecular weight excluding hydrogens is 352 g/mol. The van der Waals surface area contributed by atoms with Crippen molar-refractivity contribution < 1.29 is 0 Å². The summed E-state index contributed by atoms with van der Waals surface area (Å²) in [6.45, 7) is 7.16. The van der Waals surface area contributed by atoms with E-state index in [0.717, 1.165) is 6.54 Å². The molecule has 3 heteroatoms. The van der Waals surface area contributed by atoms with Crippen LogP contribution in [0, 0.1) is 0 Å². The number of fused-ring (bicyclic) bond motifs is 1. The molecule has 1 N–H and O–H groups in total. The molecule has 0 aliphatic carbocycles. The lowest BCUT2D eigenvalue weighted by molar-refractivity contribution is 0.489. The molecule has 1 atom stereocenters. The van der Waals surface area contributed by atoms with E-state index in [4.69, 9.17) is 0 Å². The van der Waals surface area contributed by atoms with Gasteiger partial charge in [-0.05, 0) is 54.3 Å². The van der Waals surface area contributed by atoms with Crippen molar-refractivity contribution >= 4 is 29.3 Å². The van der Waals surface area contributed by atoms with Crippen molar-refractivity contribution in [1.82, 2.24) is 10.3 Å². The first-order chi connectivity index (χ1) is 12.8. The van der Waals surface area contributed by atoms with Crippen LogP contribution in [-0.4, -0.2) is 11.0 Å². The maximum Gasteiger partial charge on any atom is 0.0346 e. The predicted octanol–water partition coefficient (Wildman–Crippen LogP) is 6.19. The molecule has 0 aliphatic rings. The molecular formula is C24H29ClN2. The molecule has 0 saturated carbocycles. The lowest BCUT2D eigenvalue weighted by Crippen LogP contribution is -2.25. The molecule has 0 spiro atoms. The van der Waals surface area contributed by atoms with Gasteiger partial charge in [0, 0.05) is 30.4 Å². The molecule has 0 fully saturated rings. The third kappa shape index (κ3) is 5.92. The number of hydrogen-bond acceptors (Lipinski definition) is 2. The zero-order valence-electron chi connectivity index (χ0n) is 16.0. The van der Waals surface area contributed by atoms with E-state index in [1.54, 1.807) is 0 Å². The third-order valence-electron chi connectivity index (χ3n) is 4.99. The molecule has 142 valence electrons. The van der Waals surface area contributed by atoms with Crippen LogP contribution in [0.1, 0.15) is 42.9 Å². The zero-order valence-corrected chi connectivity index (χ0v) is 16.8. The Labute approximate surface area is 169 Å². The highest BCUT2D eigenvalue weighted by atomic mass is 35.5. The van der Waals surface area contributed by atoms with E-state index in [2.05, 4.69) is 72.3 Å². The van der Waals surface area contributed by atoms with Crippen LogP contribution in [0.3, 0.4) is 0 Å². The Morgan fingerprint density at radius 1 is 1.07 bits per heavy atom. The first kappa shape index (κ1) is 21.1. The average molecular weight is 381 g/mol. The van der Waals surface area contributed by atoms with Crippen LogP contribution < -0.4 is 5.32 Å². The molecule has 1 heterocycles. The summed E-state index contributed by atoms with van der Waals surface area (Å²) in [4.78, 5) is 4.21. The number of nitrogens with zero attached hydrogens (tertiary/aromatic N) is 1. The number of benzene rings is 2. The van der Waals surface area contributed by atoms with Gasteiger partial charge in [0.15, 0.2) is 0 Å². The molecule has 1 aromatic heterocycles. The van der Waals surface area contributed by atoms with E-state index in [1.165, 1.54) is 53.1 Å². The predicted molar refractivity (Wildman–Crippen MR) is 119 cm³/mol. The summed E-state index contributed by atoms with van der Waals surface area (Å²) in [6, 6.07) is 17.7. The number of halogens is 1. The molecule has 0 aliphatic heterocycles. The van der Waals surface area contributed by atoms with Crippen LogP contribution in [-0.2, 0) is 13.0 Å². The van der Waals surface area contributed by atoms with Crippen molar-refractivity contribution in [3.05, 3.63) is 84.2 Å². The standard InChI is InChI=1S/C24H28N2.ClH/c1-3-23-22(14-13-21-17-25-16-15-24(21)23)18-26-19(2)9-7-8-12-20-10-5-4-6-11-20;/h3-6,10-11,13-17,19,26H,1,7-9,12,18H2,2H3;1H/t19-;/m1./s1. The van der Waals surface area contributed by atoms with Gasteiger partial charge in [-0.2, -0.15) is 0 Å². The van der Waals surface area contributed by atoms with Crippen molar-refractivity contribution in [1.29, 1.82) is 0 Å². The number of aryl methyl sites for hydroxylation is 1. The lowest BCUT2D eigenvalue weighted by Gasteiger charge is -2.16. The fourth-order valence-electron chi connectivity index (χ4n) is 3.44. The summed E-state index contributed by atoms with van der Waals surface area (Å²) in [7, 11) is 0. The number of pyridine rings is 1. The molecule has 0 unspecified atom stereocenters. The molecule has 0 saturated heterocycles. The van der Waals surface area contributed by atoms with Gasteiger partial charge in [0.25, 0.3) is 0 Å². The normalized spacial score (nSPS) is 11.7. The van der Waals surface area contributed by atoms with Crippen LogP contribution in [0.25, 0.3) is 16.8 Å². The minimum Gasteiger partial charge on any atom is -0.310 e. The molecule has 0 bridgehead atoms. The van der Waals surface area contributed by atoms with Crippen molar-refractivity contribution in [3.63, 3.8) is 0 Å². The fraction of sp³-hybridized carbons (Fsp3) is 0.292. The van der Waals surface area contributed by atoms with Crippen molar-refractivity contribution in [3.8, 4) is 0 Å². The van der Waals surface area contributed by atoms with Crippen LogP contribution >= 0.6 is 12.4 Å². The molecule has 2 aromatic carbocycles. The summed E-state index contributed by atoms with van der Waals surface area (Å²) in [6.07, 6.45) is 10.6. The monoisotopic (exact) mass is 380 g/mol. The van der Waals surface area contributed by atoms with Crippen molar-refractivity contribution in [2.75, 3.05) is 0 Å². The third-order valence-corrected chi connectivity index (χ3v) is 4.99. The molecule has 3 aromatic rings. The second-order valence-corrected chi connectivity index (χ2v) is 6.95. The van der Waals surface area contributed by atoms with Gasteiger partial charge in [0.1, 0.15) is 0 Å². The maximum absolute atomic E-state index is 4.21. The van der Waals surface area contributed by atoms with E-state index in [1.807, 2.05) is 18.5 Å². The Hall–Kier alpha value is -2.16. The Balaban J connectivity index is 0.00000261. The van der Waals surface area contributed by atoms with Crippen molar-refractivity contribution in [2.24, 2.45) is 0 Å². The summed E-state index contributed by atoms with van der Waals surface area (Å²) >= 11 is 0. The highest BCUT2D eigenvalue weighted by Gasteiger charge is 2.07. The first-order valence-electron chi connectivity index (χ1n) is 9.53. The van der Waals surface area contributed by atoms with E-state index in [0.29, 0.717) is 6.04 Å². The van der Waals surface area contributed by atoms with Gasteiger partial charge in [-0.1, -0.05) is 61.5 Å². The Morgan fingerprint density at radius 2 is 1.89 bits per heavy atom. The minimum absolute atomic E-state index is 0. The number of unbranched alkanes of at least 4 members (excludes halogenated alkanes) is 1. The van der Waals surface area contributed by atoms with Crippen LogP contribution in [0.5, 0.6) is 0 Å². The van der Waals surface area contributed by atoms with Gasteiger partial charge in [-0.25, -0.2) is 0 Å². The Kier molecular flexibility index (Phi) is 8.50. The summed E-state index contributed by atoms with van der Waals surface area (Å²) in [5.41, 5.74) is 3.96. The van der Waals surface area contributed by atoms with Gasteiger partial charge in [0.05, 0.1) is 0 Å². The van der Waals surface area contributed by atoms with Crippen LogP contribution in [0.15, 0.2) is 67.5 Å². The first-order valence-corrected chi connectivity index (χ1v) is 9.53. The molecule has 2 nitrogen and oxygen atoms in total. The summed E-state index contributed by atoms with van der Waals surface area (Å²) in [5.74, 6) is 0. The Morgan fingerprint density at radius 3 is 2.67 bits per heavy atom. The zero-order chi connectivity index (χ0) is 18.2. The quantitative estimate of drug-likeness (QED) is 0.447. The fourth-order valence-corrected chi connectivity index (χ4v) is 3.44. The number of nitrogens with one attached hydrogen (secondary N) is 1. The van der Waals surface area contributed by atoms with Crippen LogP contribution in [0.2, 0.25) is 0 Å². The van der Waals surface area contributed by atoms with E-state index in [-0.39, 0.29) is 12.4 Å². The SMILES string of the molecule is C=Cc1c(CN[C@H](C)CCCCc2ccccc2)ccc2cnccc12.Cl.